The smallest absolute Gasteiger partial charge is 0.225 e. The van der Waals surface area contributed by atoms with Crippen molar-refractivity contribution in [2.75, 3.05) is 36.5 Å². The van der Waals surface area contributed by atoms with E-state index in [-0.39, 0.29) is 36.8 Å². The number of nitrogens with one attached hydrogen (secondary N) is 1. The first-order valence-corrected chi connectivity index (χ1v) is 8.06. The molecule has 1 amide bonds. The molecule has 1 saturated heterocycles. The van der Waals surface area contributed by atoms with Crippen molar-refractivity contribution < 1.29 is 9.53 Å². The van der Waals surface area contributed by atoms with E-state index in [0.29, 0.717) is 18.2 Å². The molecule has 136 valence electrons. The first-order chi connectivity index (χ1) is 10.7. The molecule has 6 nitrogen and oxygen atoms in total. The molecule has 0 bridgehead atoms. The summed E-state index contributed by atoms with van der Waals surface area (Å²) in [6.07, 6.45) is 5.52. The van der Waals surface area contributed by atoms with Crippen LogP contribution in [0.2, 0.25) is 0 Å². The lowest BCUT2D eigenvalue weighted by atomic mass is 10.00. The monoisotopic (exact) mass is 376 g/mol. The minimum absolute atomic E-state index is 0. The molecule has 3 N–H and O–H groups in total. The standard InChI is InChI=1S/C16H24N4O2.2ClH/c17-14-3-1-2-12(14)10-16(21)19-15-5-4-13(11-18-15)20-6-8-22-9-7-20;;/h4-5,11-12,14H,1-3,6-10,17H2,(H,18,19,21);2*1H/t12-,14+;;/m0../s1. The zero-order valence-electron chi connectivity index (χ0n) is 13.6. The van der Waals surface area contributed by atoms with Crippen molar-refractivity contribution in [2.45, 2.75) is 31.7 Å². The maximum Gasteiger partial charge on any atom is 0.225 e. The van der Waals surface area contributed by atoms with E-state index in [1.165, 1.54) is 0 Å². The molecule has 2 atom stereocenters. The number of hydrogen-bond acceptors (Lipinski definition) is 5. The van der Waals surface area contributed by atoms with Gasteiger partial charge >= 0.3 is 0 Å². The molecule has 0 spiro atoms. The van der Waals surface area contributed by atoms with Gasteiger partial charge < -0.3 is 20.7 Å². The van der Waals surface area contributed by atoms with Gasteiger partial charge in [-0.05, 0) is 30.9 Å². The van der Waals surface area contributed by atoms with Gasteiger partial charge in [-0.25, -0.2) is 4.98 Å². The molecular formula is C16H26Cl2N4O2. The Morgan fingerprint density at radius 2 is 2.04 bits per heavy atom. The van der Waals surface area contributed by atoms with Gasteiger partial charge in [0.15, 0.2) is 0 Å². The fourth-order valence-corrected chi connectivity index (χ4v) is 3.22. The number of pyridine rings is 1. The van der Waals surface area contributed by atoms with Gasteiger partial charge in [0.2, 0.25) is 5.91 Å². The number of anilines is 2. The Hall–Kier alpha value is -1.08. The molecule has 1 aliphatic heterocycles. The Kier molecular flexibility index (Phi) is 8.76. The molecule has 24 heavy (non-hydrogen) atoms. The van der Waals surface area contributed by atoms with E-state index < -0.39 is 0 Å². The molecule has 2 fully saturated rings. The highest BCUT2D eigenvalue weighted by Crippen LogP contribution is 2.27. The summed E-state index contributed by atoms with van der Waals surface area (Å²) in [6.45, 7) is 3.26. The van der Waals surface area contributed by atoms with Crippen LogP contribution in [0, 0.1) is 5.92 Å². The van der Waals surface area contributed by atoms with E-state index in [1.807, 2.05) is 18.3 Å². The van der Waals surface area contributed by atoms with Gasteiger partial charge in [0.25, 0.3) is 0 Å². The fraction of sp³-hybridized carbons (Fsp3) is 0.625. The highest BCUT2D eigenvalue weighted by atomic mass is 35.5. The molecule has 1 aromatic heterocycles. The van der Waals surface area contributed by atoms with Crippen LogP contribution in [0.25, 0.3) is 0 Å². The Morgan fingerprint density at radius 3 is 2.62 bits per heavy atom. The van der Waals surface area contributed by atoms with Crippen molar-refractivity contribution in [1.29, 1.82) is 0 Å². The van der Waals surface area contributed by atoms with Crippen LogP contribution in [0.15, 0.2) is 18.3 Å². The molecule has 0 unspecified atom stereocenters. The van der Waals surface area contributed by atoms with Crippen LogP contribution in [0.5, 0.6) is 0 Å². The molecule has 8 heteroatoms. The second kappa shape index (κ2) is 10.0. The summed E-state index contributed by atoms with van der Waals surface area (Å²) in [5.41, 5.74) is 7.08. The number of rotatable bonds is 4. The summed E-state index contributed by atoms with van der Waals surface area (Å²) < 4.78 is 5.34. The van der Waals surface area contributed by atoms with Crippen LogP contribution in [0.1, 0.15) is 25.7 Å². The van der Waals surface area contributed by atoms with Crippen LogP contribution >= 0.6 is 24.8 Å². The summed E-state index contributed by atoms with van der Waals surface area (Å²) in [7, 11) is 0. The molecule has 3 rings (SSSR count). The maximum absolute atomic E-state index is 12.1. The third-order valence-electron chi connectivity index (χ3n) is 4.56. The Labute approximate surface area is 155 Å². The lowest BCUT2D eigenvalue weighted by molar-refractivity contribution is -0.117. The zero-order valence-corrected chi connectivity index (χ0v) is 15.3. The lowest BCUT2D eigenvalue weighted by Gasteiger charge is -2.28. The van der Waals surface area contributed by atoms with E-state index in [1.54, 1.807) is 0 Å². The SMILES string of the molecule is Cl.Cl.N[C@@H]1CCC[C@H]1CC(=O)Nc1ccc(N2CCOCC2)cn1. The third kappa shape index (κ3) is 5.48. The predicted octanol–water partition coefficient (Wildman–Crippen LogP) is 2.22. The van der Waals surface area contributed by atoms with Gasteiger partial charge in [-0.15, -0.1) is 24.8 Å². The average Bonchev–Trinajstić information content (AvgIpc) is 2.94. The number of morpholine rings is 1. The molecule has 1 aromatic rings. The van der Waals surface area contributed by atoms with E-state index >= 15 is 0 Å². The Balaban J connectivity index is 0.00000144. The van der Waals surface area contributed by atoms with Crippen molar-refractivity contribution in [3.8, 4) is 0 Å². The van der Waals surface area contributed by atoms with Gasteiger partial charge in [-0.2, -0.15) is 0 Å². The summed E-state index contributed by atoms with van der Waals surface area (Å²) >= 11 is 0. The second-order valence-electron chi connectivity index (χ2n) is 6.11. The number of halogens is 2. The van der Waals surface area contributed by atoms with Crippen LogP contribution in [0.3, 0.4) is 0 Å². The topological polar surface area (TPSA) is 80.5 Å². The molecule has 2 aliphatic rings. The average molecular weight is 377 g/mol. The molecule has 0 aromatic carbocycles. The first-order valence-electron chi connectivity index (χ1n) is 8.06. The summed E-state index contributed by atoms with van der Waals surface area (Å²) in [4.78, 5) is 18.6. The first kappa shape index (κ1) is 21.0. The highest BCUT2D eigenvalue weighted by molar-refractivity contribution is 5.90. The van der Waals surface area contributed by atoms with E-state index in [9.17, 15) is 4.79 Å². The van der Waals surface area contributed by atoms with Crippen molar-refractivity contribution in [3.63, 3.8) is 0 Å². The zero-order chi connectivity index (χ0) is 15.4. The number of amides is 1. The Morgan fingerprint density at radius 1 is 1.29 bits per heavy atom. The lowest BCUT2D eigenvalue weighted by Crippen LogP contribution is -2.36. The van der Waals surface area contributed by atoms with E-state index in [4.69, 9.17) is 10.5 Å². The number of aromatic nitrogens is 1. The number of carbonyl (C=O) groups is 1. The van der Waals surface area contributed by atoms with Crippen molar-refractivity contribution >= 4 is 42.2 Å². The minimum Gasteiger partial charge on any atom is -0.378 e. The summed E-state index contributed by atoms with van der Waals surface area (Å²) in [5.74, 6) is 0.926. The van der Waals surface area contributed by atoms with Gasteiger partial charge in [-0.3, -0.25) is 4.79 Å². The molecular weight excluding hydrogens is 351 g/mol. The normalized spacial score (nSPS) is 23.1. The maximum atomic E-state index is 12.1. The van der Waals surface area contributed by atoms with Crippen LogP contribution in [-0.2, 0) is 9.53 Å². The van der Waals surface area contributed by atoms with Crippen LogP contribution < -0.4 is 16.0 Å². The summed E-state index contributed by atoms with van der Waals surface area (Å²) in [5, 5.41) is 2.87. The largest absolute Gasteiger partial charge is 0.378 e. The Bertz CT molecular complexity index is 509. The predicted molar refractivity (Wildman–Crippen MR) is 100 cm³/mol. The van der Waals surface area contributed by atoms with E-state index in [2.05, 4.69) is 15.2 Å². The number of ether oxygens (including phenoxy) is 1. The molecule has 1 aliphatic carbocycles. The van der Waals surface area contributed by atoms with Gasteiger partial charge in [0.1, 0.15) is 5.82 Å². The van der Waals surface area contributed by atoms with Crippen LogP contribution in [0.4, 0.5) is 11.5 Å². The number of carbonyl (C=O) groups excluding carboxylic acids is 1. The molecule has 0 radical (unpaired) electrons. The quantitative estimate of drug-likeness (QED) is 0.841. The molecule has 2 heterocycles. The second-order valence-corrected chi connectivity index (χ2v) is 6.11. The van der Waals surface area contributed by atoms with E-state index in [0.717, 1.165) is 51.3 Å². The van der Waals surface area contributed by atoms with Gasteiger partial charge in [-0.1, -0.05) is 6.42 Å². The number of nitrogens with zero attached hydrogens (tertiary/aromatic N) is 2. The third-order valence-corrected chi connectivity index (χ3v) is 4.56. The van der Waals surface area contributed by atoms with Crippen molar-refractivity contribution in [2.24, 2.45) is 11.7 Å². The van der Waals surface area contributed by atoms with Gasteiger partial charge in [0.05, 0.1) is 25.1 Å². The highest BCUT2D eigenvalue weighted by Gasteiger charge is 2.26. The van der Waals surface area contributed by atoms with Gasteiger partial charge in [0, 0.05) is 25.6 Å². The van der Waals surface area contributed by atoms with Crippen LogP contribution in [-0.4, -0.2) is 43.2 Å². The summed E-state index contributed by atoms with van der Waals surface area (Å²) in [6, 6.07) is 4.02. The molecule has 1 saturated carbocycles. The number of hydrogen-bond donors (Lipinski definition) is 2. The van der Waals surface area contributed by atoms with Crippen molar-refractivity contribution in [1.82, 2.24) is 4.98 Å². The fourth-order valence-electron chi connectivity index (χ4n) is 3.22. The number of nitrogens with two attached hydrogens (primary N) is 1. The van der Waals surface area contributed by atoms with Crippen molar-refractivity contribution in [3.05, 3.63) is 18.3 Å². The minimum atomic E-state index is 0.